The molecular formula is C10H12F3NO. The minimum Gasteiger partial charge on any atom is -0.325 e. The molecule has 15 heavy (non-hydrogen) atoms. The maximum absolute atomic E-state index is 11.7. The highest BCUT2D eigenvalue weighted by Gasteiger charge is 2.29. The van der Waals surface area contributed by atoms with Gasteiger partial charge in [0.15, 0.2) is 0 Å². The summed E-state index contributed by atoms with van der Waals surface area (Å²) < 4.78 is 38.7. The monoisotopic (exact) mass is 219 g/mol. The molecule has 0 saturated heterocycles. The van der Waals surface area contributed by atoms with Crippen molar-refractivity contribution in [2.45, 2.75) is 18.8 Å². The lowest BCUT2D eigenvalue weighted by molar-refractivity contribution is -0.325. The molecule has 0 saturated carbocycles. The SMILES string of the molecule is NC(COC(F)(F)F)Cc1ccccc1. The van der Waals surface area contributed by atoms with Crippen molar-refractivity contribution in [3.8, 4) is 0 Å². The molecule has 0 spiro atoms. The molecule has 0 amide bonds. The van der Waals surface area contributed by atoms with Gasteiger partial charge in [-0.3, -0.25) is 4.74 Å². The quantitative estimate of drug-likeness (QED) is 0.841. The number of alkyl halides is 3. The minimum absolute atomic E-state index is 0.372. The summed E-state index contributed by atoms with van der Waals surface area (Å²) in [5, 5.41) is 0. The van der Waals surface area contributed by atoms with E-state index in [1.807, 2.05) is 30.3 Å². The predicted molar refractivity (Wildman–Crippen MR) is 50.1 cm³/mol. The second-order valence-corrected chi connectivity index (χ2v) is 3.21. The van der Waals surface area contributed by atoms with E-state index in [1.54, 1.807) is 0 Å². The van der Waals surface area contributed by atoms with E-state index in [2.05, 4.69) is 4.74 Å². The van der Waals surface area contributed by atoms with Crippen molar-refractivity contribution >= 4 is 0 Å². The Morgan fingerprint density at radius 2 is 1.80 bits per heavy atom. The molecule has 1 aromatic carbocycles. The van der Waals surface area contributed by atoms with E-state index in [-0.39, 0.29) is 0 Å². The molecule has 0 aliphatic heterocycles. The van der Waals surface area contributed by atoms with Gasteiger partial charge in [-0.1, -0.05) is 30.3 Å². The van der Waals surface area contributed by atoms with Crippen LogP contribution in [-0.4, -0.2) is 19.0 Å². The summed E-state index contributed by atoms with van der Waals surface area (Å²) in [5.41, 5.74) is 6.39. The lowest BCUT2D eigenvalue weighted by atomic mass is 10.1. The number of nitrogens with two attached hydrogens (primary N) is 1. The van der Waals surface area contributed by atoms with Crippen molar-refractivity contribution in [1.82, 2.24) is 0 Å². The van der Waals surface area contributed by atoms with Gasteiger partial charge in [-0.2, -0.15) is 0 Å². The Morgan fingerprint density at radius 3 is 2.33 bits per heavy atom. The van der Waals surface area contributed by atoms with Crippen LogP contribution < -0.4 is 5.73 Å². The Bertz CT molecular complexity index is 286. The van der Waals surface area contributed by atoms with Crippen molar-refractivity contribution in [3.63, 3.8) is 0 Å². The van der Waals surface area contributed by atoms with Gasteiger partial charge in [0.2, 0.25) is 0 Å². The molecule has 1 aromatic rings. The standard InChI is InChI=1S/C10H12F3NO/c11-10(12,13)15-7-9(14)6-8-4-2-1-3-5-8/h1-5,9H,6-7,14H2. The molecular weight excluding hydrogens is 207 g/mol. The first-order valence-corrected chi connectivity index (χ1v) is 4.47. The average Bonchev–Trinajstić information content (AvgIpc) is 2.15. The topological polar surface area (TPSA) is 35.2 Å². The summed E-state index contributed by atoms with van der Waals surface area (Å²) in [4.78, 5) is 0. The van der Waals surface area contributed by atoms with Gasteiger partial charge >= 0.3 is 6.36 Å². The van der Waals surface area contributed by atoms with Gasteiger partial charge in [0.1, 0.15) is 0 Å². The second-order valence-electron chi connectivity index (χ2n) is 3.21. The summed E-state index contributed by atoms with van der Waals surface area (Å²) >= 11 is 0. The fourth-order valence-electron chi connectivity index (χ4n) is 1.18. The smallest absolute Gasteiger partial charge is 0.325 e. The Balaban J connectivity index is 2.34. The van der Waals surface area contributed by atoms with Crippen LogP contribution in [0.3, 0.4) is 0 Å². The summed E-state index contributed by atoms with van der Waals surface area (Å²) in [6.45, 7) is -0.515. The van der Waals surface area contributed by atoms with Crippen LogP contribution in [0.2, 0.25) is 0 Å². The van der Waals surface area contributed by atoms with Crippen molar-refractivity contribution in [1.29, 1.82) is 0 Å². The summed E-state index contributed by atoms with van der Waals surface area (Å²) in [7, 11) is 0. The zero-order valence-electron chi connectivity index (χ0n) is 8.00. The molecule has 2 N–H and O–H groups in total. The first kappa shape index (κ1) is 12.0. The normalized spacial score (nSPS) is 13.9. The number of hydrogen-bond donors (Lipinski definition) is 1. The van der Waals surface area contributed by atoms with Gasteiger partial charge in [-0.05, 0) is 12.0 Å². The highest BCUT2D eigenvalue weighted by Crippen LogP contribution is 2.16. The van der Waals surface area contributed by atoms with Crippen molar-refractivity contribution in [2.75, 3.05) is 6.61 Å². The van der Waals surface area contributed by atoms with E-state index in [0.29, 0.717) is 6.42 Å². The third-order valence-electron chi connectivity index (χ3n) is 1.80. The van der Waals surface area contributed by atoms with E-state index in [4.69, 9.17) is 5.73 Å². The summed E-state index contributed by atoms with van der Waals surface area (Å²) in [6.07, 6.45) is -4.23. The first-order valence-electron chi connectivity index (χ1n) is 4.47. The first-order chi connectivity index (χ1) is 6.97. The molecule has 1 atom stereocenters. The van der Waals surface area contributed by atoms with Crippen LogP contribution in [0.15, 0.2) is 30.3 Å². The molecule has 84 valence electrons. The van der Waals surface area contributed by atoms with Crippen molar-refractivity contribution < 1.29 is 17.9 Å². The van der Waals surface area contributed by atoms with E-state index in [0.717, 1.165) is 5.56 Å². The van der Waals surface area contributed by atoms with Crippen LogP contribution in [0.5, 0.6) is 0 Å². The lowest BCUT2D eigenvalue weighted by Crippen LogP contribution is -2.31. The fourth-order valence-corrected chi connectivity index (χ4v) is 1.18. The summed E-state index contributed by atoms with van der Waals surface area (Å²) in [5.74, 6) is 0. The molecule has 0 fully saturated rings. The van der Waals surface area contributed by atoms with Gasteiger partial charge in [0, 0.05) is 6.04 Å². The highest BCUT2D eigenvalue weighted by molar-refractivity contribution is 5.15. The van der Waals surface area contributed by atoms with E-state index < -0.39 is 19.0 Å². The number of hydrogen-bond acceptors (Lipinski definition) is 2. The van der Waals surface area contributed by atoms with Gasteiger partial charge < -0.3 is 5.73 Å². The lowest BCUT2D eigenvalue weighted by Gasteiger charge is -2.13. The molecule has 0 bridgehead atoms. The van der Waals surface area contributed by atoms with E-state index in [1.165, 1.54) is 0 Å². The van der Waals surface area contributed by atoms with Crippen molar-refractivity contribution in [2.24, 2.45) is 5.73 Å². The largest absolute Gasteiger partial charge is 0.522 e. The molecule has 1 unspecified atom stereocenters. The summed E-state index contributed by atoms with van der Waals surface area (Å²) in [6, 6.07) is 8.44. The van der Waals surface area contributed by atoms with Crippen LogP contribution >= 0.6 is 0 Å². The minimum atomic E-state index is -4.60. The van der Waals surface area contributed by atoms with Crippen LogP contribution in [0, 0.1) is 0 Å². The number of benzene rings is 1. The zero-order valence-corrected chi connectivity index (χ0v) is 8.00. The predicted octanol–water partition coefficient (Wildman–Crippen LogP) is 2.09. The van der Waals surface area contributed by atoms with Gasteiger partial charge in [0.25, 0.3) is 0 Å². The Labute approximate surface area is 85.8 Å². The molecule has 5 heteroatoms. The second kappa shape index (κ2) is 5.14. The Morgan fingerprint density at radius 1 is 1.20 bits per heavy atom. The Hall–Kier alpha value is -1.07. The molecule has 0 radical (unpaired) electrons. The van der Waals surface area contributed by atoms with E-state index in [9.17, 15) is 13.2 Å². The van der Waals surface area contributed by atoms with Gasteiger partial charge in [-0.15, -0.1) is 13.2 Å². The third kappa shape index (κ3) is 5.39. The van der Waals surface area contributed by atoms with Crippen LogP contribution in [0.1, 0.15) is 5.56 Å². The van der Waals surface area contributed by atoms with Gasteiger partial charge in [0.05, 0.1) is 6.61 Å². The third-order valence-corrected chi connectivity index (χ3v) is 1.80. The van der Waals surface area contributed by atoms with Gasteiger partial charge in [-0.25, -0.2) is 0 Å². The van der Waals surface area contributed by atoms with Crippen LogP contribution in [-0.2, 0) is 11.2 Å². The molecule has 0 heterocycles. The molecule has 0 aliphatic rings. The van der Waals surface area contributed by atoms with Crippen LogP contribution in [0.4, 0.5) is 13.2 Å². The Kier molecular flexibility index (Phi) is 4.11. The van der Waals surface area contributed by atoms with Crippen LogP contribution in [0.25, 0.3) is 0 Å². The molecule has 2 nitrogen and oxygen atoms in total. The zero-order chi connectivity index (χ0) is 11.3. The molecule has 1 rings (SSSR count). The maximum atomic E-state index is 11.7. The average molecular weight is 219 g/mol. The molecule has 0 aliphatic carbocycles. The highest BCUT2D eigenvalue weighted by atomic mass is 19.4. The fraction of sp³-hybridized carbons (Fsp3) is 0.400. The van der Waals surface area contributed by atoms with E-state index >= 15 is 0 Å². The maximum Gasteiger partial charge on any atom is 0.522 e. The number of rotatable bonds is 4. The van der Waals surface area contributed by atoms with Crippen molar-refractivity contribution in [3.05, 3.63) is 35.9 Å². The number of halogens is 3. The molecule has 0 aromatic heterocycles. The number of ether oxygens (including phenoxy) is 1.